The van der Waals surface area contributed by atoms with Gasteiger partial charge in [-0.2, -0.15) is 4.52 Å². The van der Waals surface area contributed by atoms with Crippen molar-refractivity contribution in [2.75, 3.05) is 18.1 Å². The summed E-state index contributed by atoms with van der Waals surface area (Å²) in [4.78, 5) is 33.0. The maximum Gasteiger partial charge on any atom is 0.327 e. The smallest absolute Gasteiger partial charge is 0.327 e. The Balaban J connectivity index is 1.60. The molecule has 9 nitrogen and oxygen atoms in total. The molecule has 4 rings (SSSR count). The van der Waals surface area contributed by atoms with E-state index in [1.165, 1.54) is 6.33 Å². The second kappa shape index (κ2) is 9.07. The van der Waals surface area contributed by atoms with Crippen molar-refractivity contribution in [3.63, 3.8) is 0 Å². The molecular formula is C18H30N4O5PS3Si+. The molecule has 0 bridgehead atoms. The zero-order valence-electron chi connectivity index (χ0n) is 18.8. The molecule has 0 saturated carbocycles. The molecule has 4 heterocycles. The predicted octanol–water partition coefficient (Wildman–Crippen LogP) is 4.19. The van der Waals surface area contributed by atoms with Gasteiger partial charge in [0, 0.05) is 17.9 Å². The molecule has 2 fully saturated rings. The lowest BCUT2D eigenvalue weighted by Crippen LogP contribution is -2.46. The van der Waals surface area contributed by atoms with Crippen LogP contribution in [0.25, 0.3) is 11.2 Å². The van der Waals surface area contributed by atoms with E-state index in [1.54, 1.807) is 27.3 Å². The van der Waals surface area contributed by atoms with E-state index in [0.717, 1.165) is 11.5 Å². The van der Waals surface area contributed by atoms with E-state index in [4.69, 9.17) is 25.9 Å². The van der Waals surface area contributed by atoms with Crippen LogP contribution in [0.15, 0.2) is 15.9 Å². The highest BCUT2D eigenvalue weighted by Crippen LogP contribution is 2.87. The Kier molecular flexibility index (Phi) is 7.04. The molecular weight excluding hydrogens is 507 g/mol. The number of imidazole rings is 1. The molecule has 2 saturated heterocycles. The molecule has 0 spiro atoms. The van der Waals surface area contributed by atoms with Gasteiger partial charge in [-0.15, -0.1) is 0 Å². The molecule has 178 valence electrons. The highest BCUT2D eigenvalue weighted by Gasteiger charge is 2.49. The normalized spacial score (nSPS) is 26.2. The number of ether oxygens (including phenoxy) is 1. The first-order valence-corrected chi connectivity index (χ1v) is 19.4. The summed E-state index contributed by atoms with van der Waals surface area (Å²) in [5.41, 5.74) is -0.579. The number of hydrogen-bond donors (Lipinski definition) is 3. The zero-order valence-corrected chi connectivity index (χ0v) is 23.2. The van der Waals surface area contributed by atoms with Crippen LogP contribution in [-0.4, -0.2) is 58.2 Å². The summed E-state index contributed by atoms with van der Waals surface area (Å²) in [6.45, 7) is 11.4. The third-order valence-corrected chi connectivity index (χ3v) is 20.9. The minimum Gasteiger partial charge on any atom is -0.411 e. The molecule has 2 N–H and O–H groups in total. The van der Waals surface area contributed by atoms with E-state index < -0.39 is 30.9 Å². The number of aromatic amines is 2. The fourth-order valence-corrected chi connectivity index (χ4v) is 13.9. The summed E-state index contributed by atoms with van der Waals surface area (Å²) in [5.74, 6) is 2.09. The highest BCUT2D eigenvalue weighted by molar-refractivity contribution is 9.15. The maximum atomic E-state index is 12.1. The van der Waals surface area contributed by atoms with Crippen molar-refractivity contribution in [2.24, 2.45) is 0 Å². The number of H-pyrrole nitrogens is 2. The average molecular weight is 538 g/mol. The lowest BCUT2D eigenvalue weighted by atomic mass is 10.2. The summed E-state index contributed by atoms with van der Waals surface area (Å²) >= 11 is 8.37. The van der Waals surface area contributed by atoms with E-state index in [1.807, 2.05) is 0 Å². The number of nitrogens with one attached hydrogen (secondary N) is 2. The summed E-state index contributed by atoms with van der Waals surface area (Å²) < 4.78 is 21.1. The largest absolute Gasteiger partial charge is 0.411 e. The van der Waals surface area contributed by atoms with Crippen molar-refractivity contribution in [1.29, 1.82) is 0 Å². The van der Waals surface area contributed by atoms with Gasteiger partial charge in [-0.25, -0.2) is 9.78 Å². The van der Waals surface area contributed by atoms with Crippen molar-refractivity contribution >= 4 is 59.6 Å². The number of hydrogen-bond acceptors (Lipinski definition) is 9. The third-order valence-electron chi connectivity index (χ3n) is 6.20. The van der Waals surface area contributed by atoms with Crippen LogP contribution in [0, 0.1) is 0 Å². The van der Waals surface area contributed by atoms with Crippen LogP contribution in [0.3, 0.4) is 0 Å². The van der Waals surface area contributed by atoms with Gasteiger partial charge in [0.2, 0.25) is 0 Å². The van der Waals surface area contributed by atoms with Gasteiger partial charge in [-0.1, -0.05) is 20.8 Å². The number of nitrogens with zero attached hydrogens (tertiary/aromatic N) is 2. The minimum atomic E-state index is -2.07. The van der Waals surface area contributed by atoms with E-state index in [-0.39, 0.29) is 22.8 Å². The van der Waals surface area contributed by atoms with Gasteiger partial charge >= 0.3 is 10.8 Å². The van der Waals surface area contributed by atoms with E-state index in [9.17, 15) is 9.59 Å². The second-order valence-electron chi connectivity index (χ2n) is 9.47. The summed E-state index contributed by atoms with van der Waals surface area (Å²) in [6.07, 6.45) is 1.21. The van der Waals surface area contributed by atoms with E-state index in [0.29, 0.717) is 18.7 Å². The fraction of sp³-hybridized carbons (Fsp3) is 0.722. The molecule has 0 aliphatic carbocycles. The molecule has 3 atom stereocenters. The van der Waals surface area contributed by atoms with Crippen LogP contribution in [0.4, 0.5) is 0 Å². The van der Waals surface area contributed by atoms with Crippen molar-refractivity contribution < 1.29 is 13.7 Å². The molecule has 2 aliphatic rings. The van der Waals surface area contributed by atoms with Crippen molar-refractivity contribution in [3.05, 3.63) is 27.2 Å². The van der Waals surface area contributed by atoms with Gasteiger partial charge in [0.15, 0.2) is 13.8 Å². The molecule has 0 unspecified atom stereocenters. The number of thiol groups is 1. The number of rotatable bonds is 6. The molecule has 2 aromatic rings. The van der Waals surface area contributed by atoms with E-state index >= 15 is 0 Å². The standard InChI is InChI=1S/C18H29N4O5PS3Si/c1-18(2,3)32(4,5)27-11-8-13(26-12(11)9-25-28(29)30-6-7-31-28)22-10-19-14-15(22)20-17(24)21-16(14)23/h10-13,29H,6-9H2,1-5H3,(H-,20,21,23,24)/p+1/t11-,12+,13+/m0/s1. The quantitative estimate of drug-likeness (QED) is 0.286. The van der Waals surface area contributed by atoms with E-state index in [2.05, 4.69) is 48.8 Å². The van der Waals surface area contributed by atoms with Gasteiger partial charge in [0.25, 0.3) is 5.56 Å². The lowest BCUT2D eigenvalue weighted by molar-refractivity contribution is -0.0336. The van der Waals surface area contributed by atoms with Gasteiger partial charge < -0.3 is 9.16 Å². The molecule has 0 radical (unpaired) electrons. The van der Waals surface area contributed by atoms with Crippen LogP contribution >= 0.6 is 40.1 Å². The van der Waals surface area contributed by atoms with Gasteiger partial charge in [-0.3, -0.25) is 19.3 Å². The SMILES string of the molecule is CC(C)(C)[Si](C)(C)O[C@H]1C[C@H](n2cnc3c(=O)[nH]c(=O)[nH]c32)O[C@@H]1CO[P+]1(S)SCCS1. The van der Waals surface area contributed by atoms with Crippen LogP contribution in [-0.2, 0) is 13.7 Å². The Morgan fingerprint density at radius 1 is 1.31 bits per heavy atom. The Morgan fingerprint density at radius 3 is 2.66 bits per heavy atom. The molecule has 14 heteroatoms. The molecule has 0 aromatic carbocycles. The monoisotopic (exact) mass is 537 g/mol. The van der Waals surface area contributed by atoms with Crippen LogP contribution in [0.5, 0.6) is 0 Å². The van der Waals surface area contributed by atoms with Crippen LogP contribution in [0.2, 0.25) is 18.1 Å². The number of fused-ring (bicyclic) bond motifs is 1. The predicted molar refractivity (Wildman–Crippen MR) is 138 cm³/mol. The third kappa shape index (κ3) is 5.05. The van der Waals surface area contributed by atoms with Crippen LogP contribution < -0.4 is 11.2 Å². The second-order valence-corrected chi connectivity index (χ2v) is 25.4. The fourth-order valence-electron chi connectivity index (χ4n) is 3.46. The van der Waals surface area contributed by atoms with Crippen molar-refractivity contribution in [2.45, 2.75) is 63.8 Å². The average Bonchev–Trinajstić information content (AvgIpc) is 3.38. The maximum absolute atomic E-state index is 12.1. The summed E-state index contributed by atoms with van der Waals surface area (Å²) in [5, 5.41) is -1.78. The van der Waals surface area contributed by atoms with Crippen molar-refractivity contribution in [3.8, 4) is 0 Å². The van der Waals surface area contributed by atoms with Crippen LogP contribution in [0.1, 0.15) is 33.4 Å². The molecule has 2 aliphatic heterocycles. The molecule has 0 amide bonds. The summed E-state index contributed by atoms with van der Waals surface area (Å²) in [7, 11) is -2.07. The Bertz CT molecular complexity index is 1090. The Labute approximate surface area is 201 Å². The molecule has 32 heavy (non-hydrogen) atoms. The zero-order chi connectivity index (χ0) is 23.3. The van der Waals surface area contributed by atoms with Gasteiger partial charge in [0.05, 0.1) is 47.4 Å². The number of aromatic nitrogens is 4. The topological polar surface area (TPSA) is 111 Å². The van der Waals surface area contributed by atoms with Gasteiger partial charge in [0.1, 0.15) is 24.6 Å². The Morgan fingerprint density at radius 2 is 2.00 bits per heavy atom. The Hall–Kier alpha value is -0.273. The highest BCUT2D eigenvalue weighted by atomic mass is 33.4. The first kappa shape index (κ1) is 24.8. The van der Waals surface area contributed by atoms with Crippen molar-refractivity contribution in [1.82, 2.24) is 19.5 Å². The molecule has 2 aromatic heterocycles. The minimum absolute atomic E-state index is 0.0473. The first-order valence-electron chi connectivity index (χ1n) is 10.5. The summed E-state index contributed by atoms with van der Waals surface area (Å²) in [6, 6.07) is 0. The lowest BCUT2D eigenvalue weighted by Gasteiger charge is -2.39. The first-order chi connectivity index (χ1) is 14.9. The van der Waals surface area contributed by atoms with Gasteiger partial charge in [-0.05, 0) is 18.1 Å².